The number of ether oxygens (including phenoxy) is 1. The SMILES string of the molecule is CCCOc1ccc(CCC(=O)NC2CCNC(C)C2)cc1. The van der Waals surface area contributed by atoms with Gasteiger partial charge in [-0.2, -0.15) is 0 Å². The summed E-state index contributed by atoms with van der Waals surface area (Å²) >= 11 is 0. The van der Waals surface area contributed by atoms with Crippen molar-refractivity contribution in [2.45, 2.75) is 58.0 Å². The summed E-state index contributed by atoms with van der Waals surface area (Å²) in [6.45, 7) is 6.00. The molecule has 4 nitrogen and oxygen atoms in total. The molecule has 2 unspecified atom stereocenters. The van der Waals surface area contributed by atoms with Crippen molar-refractivity contribution in [2.75, 3.05) is 13.2 Å². The second kappa shape index (κ2) is 8.79. The van der Waals surface area contributed by atoms with E-state index in [1.54, 1.807) is 0 Å². The summed E-state index contributed by atoms with van der Waals surface area (Å²) in [6.07, 6.45) is 4.39. The molecule has 0 aromatic heterocycles. The van der Waals surface area contributed by atoms with Crippen LogP contribution in [0.15, 0.2) is 24.3 Å². The number of hydrogen-bond acceptors (Lipinski definition) is 3. The molecular weight excluding hydrogens is 276 g/mol. The van der Waals surface area contributed by atoms with Crippen molar-refractivity contribution < 1.29 is 9.53 Å². The maximum atomic E-state index is 12.0. The second-order valence-electron chi connectivity index (χ2n) is 6.14. The molecule has 1 aliphatic rings. The van der Waals surface area contributed by atoms with E-state index < -0.39 is 0 Å². The molecule has 2 N–H and O–H groups in total. The molecule has 0 bridgehead atoms. The number of benzene rings is 1. The first-order chi connectivity index (χ1) is 10.7. The van der Waals surface area contributed by atoms with Gasteiger partial charge in [-0.1, -0.05) is 19.1 Å². The molecular formula is C18H28N2O2. The highest BCUT2D eigenvalue weighted by Crippen LogP contribution is 2.14. The molecule has 4 heteroatoms. The Bertz CT molecular complexity index is 459. The molecule has 1 aliphatic heterocycles. The van der Waals surface area contributed by atoms with Gasteiger partial charge in [0.2, 0.25) is 5.91 Å². The molecule has 2 atom stereocenters. The van der Waals surface area contributed by atoms with E-state index in [0.29, 0.717) is 18.5 Å². The van der Waals surface area contributed by atoms with E-state index in [1.807, 2.05) is 24.3 Å². The van der Waals surface area contributed by atoms with Crippen LogP contribution in [0.3, 0.4) is 0 Å². The maximum absolute atomic E-state index is 12.0. The van der Waals surface area contributed by atoms with Crippen molar-refractivity contribution in [3.63, 3.8) is 0 Å². The summed E-state index contributed by atoms with van der Waals surface area (Å²) in [5.74, 6) is 1.06. The van der Waals surface area contributed by atoms with Crippen LogP contribution in [-0.4, -0.2) is 31.1 Å². The molecule has 122 valence electrons. The van der Waals surface area contributed by atoms with E-state index in [0.717, 1.165) is 44.6 Å². The number of amides is 1. The fourth-order valence-electron chi connectivity index (χ4n) is 2.79. The van der Waals surface area contributed by atoms with E-state index in [9.17, 15) is 4.79 Å². The molecule has 1 amide bonds. The summed E-state index contributed by atoms with van der Waals surface area (Å²) in [7, 11) is 0. The summed E-state index contributed by atoms with van der Waals surface area (Å²) < 4.78 is 5.56. The molecule has 2 rings (SSSR count). The van der Waals surface area contributed by atoms with Crippen molar-refractivity contribution in [2.24, 2.45) is 0 Å². The van der Waals surface area contributed by atoms with Gasteiger partial charge in [0.25, 0.3) is 0 Å². The van der Waals surface area contributed by atoms with Crippen LogP contribution in [0.25, 0.3) is 0 Å². The topological polar surface area (TPSA) is 50.4 Å². The highest BCUT2D eigenvalue weighted by atomic mass is 16.5. The van der Waals surface area contributed by atoms with Crippen molar-refractivity contribution in [1.82, 2.24) is 10.6 Å². The Labute approximate surface area is 133 Å². The Kier molecular flexibility index (Phi) is 6.72. The van der Waals surface area contributed by atoms with Gasteiger partial charge in [-0.3, -0.25) is 4.79 Å². The Morgan fingerprint density at radius 2 is 2.14 bits per heavy atom. The fourth-order valence-corrected chi connectivity index (χ4v) is 2.79. The first kappa shape index (κ1) is 16.8. The number of piperidine rings is 1. The third-order valence-electron chi connectivity index (χ3n) is 4.03. The number of carbonyl (C=O) groups is 1. The Balaban J connectivity index is 1.71. The fraction of sp³-hybridized carbons (Fsp3) is 0.611. The molecule has 1 heterocycles. The van der Waals surface area contributed by atoms with Crippen LogP contribution in [-0.2, 0) is 11.2 Å². The predicted molar refractivity (Wildman–Crippen MR) is 89.2 cm³/mol. The number of rotatable bonds is 7. The van der Waals surface area contributed by atoms with Crippen LogP contribution < -0.4 is 15.4 Å². The minimum absolute atomic E-state index is 0.158. The molecule has 0 spiro atoms. The molecule has 22 heavy (non-hydrogen) atoms. The van der Waals surface area contributed by atoms with Gasteiger partial charge in [-0.25, -0.2) is 0 Å². The van der Waals surface area contributed by atoms with Crippen LogP contribution in [0, 0.1) is 0 Å². The van der Waals surface area contributed by atoms with Gasteiger partial charge in [0, 0.05) is 18.5 Å². The lowest BCUT2D eigenvalue weighted by atomic mass is 10.0. The summed E-state index contributed by atoms with van der Waals surface area (Å²) in [6, 6.07) is 8.88. The van der Waals surface area contributed by atoms with Gasteiger partial charge in [0.05, 0.1) is 6.61 Å². The van der Waals surface area contributed by atoms with Gasteiger partial charge >= 0.3 is 0 Å². The van der Waals surface area contributed by atoms with Crippen LogP contribution in [0.1, 0.15) is 45.1 Å². The number of carbonyl (C=O) groups excluding carboxylic acids is 1. The van der Waals surface area contributed by atoms with Crippen LogP contribution in [0.5, 0.6) is 5.75 Å². The lowest BCUT2D eigenvalue weighted by Crippen LogP contribution is -2.46. The molecule has 0 saturated carbocycles. The van der Waals surface area contributed by atoms with E-state index in [2.05, 4.69) is 24.5 Å². The molecule has 1 aromatic rings. The van der Waals surface area contributed by atoms with Crippen molar-refractivity contribution in [3.05, 3.63) is 29.8 Å². The van der Waals surface area contributed by atoms with Crippen LogP contribution in [0.4, 0.5) is 0 Å². The van der Waals surface area contributed by atoms with Crippen LogP contribution >= 0.6 is 0 Å². The molecule has 1 fully saturated rings. The zero-order valence-corrected chi connectivity index (χ0v) is 13.7. The predicted octanol–water partition coefficient (Wildman–Crippen LogP) is 2.66. The third kappa shape index (κ3) is 5.68. The van der Waals surface area contributed by atoms with Crippen molar-refractivity contribution >= 4 is 5.91 Å². The summed E-state index contributed by atoms with van der Waals surface area (Å²) in [5.41, 5.74) is 1.18. The van der Waals surface area contributed by atoms with Gasteiger partial charge in [-0.15, -0.1) is 0 Å². The molecule has 0 radical (unpaired) electrons. The van der Waals surface area contributed by atoms with Crippen molar-refractivity contribution in [1.29, 1.82) is 0 Å². The third-order valence-corrected chi connectivity index (χ3v) is 4.03. The molecule has 0 aliphatic carbocycles. The van der Waals surface area contributed by atoms with Gasteiger partial charge in [0.15, 0.2) is 0 Å². The normalized spacial score (nSPS) is 21.4. The van der Waals surface area contributed by atoms with E-state index >= 15 is 0 Å². The zero-order chi connectivity index (χ0) is 15.8. The Morgan fingerprint density at radius 1 is 1.36 bits per heavy atom. The quantitative estimate of drug-likeness (QED) is 0.814. The van der Waals surface area contributed by atoms with Crippen LogP contribution in [0.2, 0.25) is 0 Å². The van der Waals surface area contributed by atoms with Crippen molar-refractivity contribution in [3.8, 4) is 5.75 Å². The molecule has 1 aromatic carbocycles. The average Bonchev–Trinajstić information content (AvgIpc) is 2.52. The first-order valence-electron chi connectivity index (χ1n) is 8.42. The van der Waals surface area contributed by atoms with Gasteiger partial charge in [0.1, 0.15) is 5.75 Å². The Morgan fingerprint density at radius 3 is 2.82 bits per heavy atom. The second-order valence-corrected chi connectivity index (χ2v) is 6.14. The standard InChI is InChI=1S/C18H28N2O2/c1-3-12-22-17-7-4-15(5-8-17)6-9-18(21)20-16-10-11-19-14(2)13-16/h4-5,7-8,14,16,19H,3,6,9-13H2,1-2H3,(H,20,21). The largest absolute Gasteiger partial charge is 0.494 e. The summed E-state index contributed by atoms with van der Waals surface area (Å²) in [4.78, 5) is 12.0. The minimum atomic E-state index is 0.158. The van der Waals surface area contributed by atoms with Gasteiger partial charge in [-0.05, 0) is 56.8 Å². The maximum Gasteiger partial charge on any atom is 0.220 e. The first-order valence-corrected chi connectivity index (χ1v) is 8.42. The number of nitrogens with one attached hydrogen (secondary N) is 2. The lowest BCUT2D eigenvalue weighted by Gasteiger charge is -2.28. The summed E-state index contributed by atoms with van der Waals surface area (Å²) in [5, 5.41) is 6.55. The van der Waals surface area contributed by atoms with E-state index in [1.165, 1.54) is 5.56 Å². The van der Waals surface area contributed by atoms with E-state index in [4.69, 9.17) is 4.74 Å². The number of hydrogen-bond donors (Lipinski definition) is 2. The highest BCUT2D eigenvalue weighted by Gasteiger charge is 2.19. The monoisotopic (exact) mass is 304 g/mol. The lowest BCUT2D eigenvalue weighted by molar-refractivity contribution is -0.122. The minimum Gasteiger partial charge on any atom is -0.494 e. The highest BCUT2D eigenvalue weighted by molar-refractivity contribution is 5.76. The van der Waals surface area contributed by atoms with Gasteiger partial charge < -0.3 is 15.4 Å². The Hall–Kier alpha value is -1.55. The smallest absolute Gasteiger partial charge is 0.220 e. The van der Waals surface area contributed by atoms with E-state index in [-0.39, 0.29) is 5.91 Å². The number of aryl methyl sites for hydroxylation is 1. The molecule has 1 saturated heterocycles. The average molecular weight is 304 g/mol. The zero-order valence-electron chi connectivity index (χ0n) is 13.7.